The average molecular weight is 101 g/mol. The van der Waals surface area contributed by atoms with Crippen molar-refractivity contribution in [2.75, 3.05) is 6.61 Å². The molecule has 1 N–H and O–H groups in total. The normalized spacial score (nSPS) is 8.86. The van der Waals surface area contributed by atoms with Crippen LogP contribution in [0.1, 0.15) is 12.8 Å². The first-order valence-electron chi connectivity index (χ1n) is 2.23. The molecule has 2 heteroatoms. The van der Waals surface area contributed by atoms with Crippen LogP contribution in [0, 0.1) is 6.92 Å². The molecule has 0 saturated carbocycles. The van der Waals surface area contributed by atoms with Crippen molar-refractivity contribution < 1.29 is 9.90 Å². The molecule has 2 nitrogen and oxygen atoms in total. The molecular formula is C5H9O2. The van der Waals surface area contributed by atoms with Gasteiger partial charge in [0.15, 0.2) is 0 Å². The van der Waals surface area contributed by atoms with Crippen molar-refractivity contribution in [1.82, 2.24) is 0 Å². The first-order chi connectivity index (χ1) is 3.27. The molecule has 0 amide bonds. The summed E-state index contributed by atoms with van der Waals surface area (Å²) in [4.78, 5) is 9.98. The predicted molar refractivity (Wildman–Crippen MR) is 26.7 cm³/mol. The van der Waals surface area contributed by atoms with Gasteiger partial charge in [0.25, 0.3) is 0 Å². The molecule has 0 aliphatic carbocycles. The number of Topliss-reactive ketones (excluding diaryl/α,β-unsaturated/α-hetero) is 1. The first-order valence-corrected chi connectivity index (χ1v) is 2.23. The Balaban J connectivity index is 2.82. The largest absolute Gasteiger partial charge is 0.396 e. The highest BCUT2D eigenvalue weighted by molar-refractivity contribution is 5.82. The van der Waals surface area contributed by atoms with Crippen LogP contribution in [-0.4, -0.2) is 17.5 Å². The highest BCUT2D eigenvalue weighted by atomic mass is 16.3. The molecular weight excluding hydrogens is 92.1 g/mol. The lowest BCUT2D eigenvalue weighted by Gasteiger charge is -1.86. The second-order valence-electron chi connectivity index (χ2n) is 1.37. The fraction of sp³-hybridized carbons (Fsp3) is 0.600. The minimum atomic E-state index is -0.103. The van der Waals surface area contributed by atoms with Crippen molar-refractivity contribution in [2.45, 2.75) is 12.8 Å². The summed E-state index contributed by atoms with van der Waals surface area (Å²) < 4.78 is 0. The van der Waals surface area contributed by atoms with E-state index < -0.39 is 0 Å². The van der Waals surface area contributed by atoms with Crippen LogP contribution in [0.15, 0.2) is 0 Å². The SMILES string of the molecule is [CH2]C(=O)CCCO. The molecule has 0 aliphatic heterocycles. The van der Waals surface area contributed by atoms with Crippen LogP contribution in [0.4, 0.5) is 0 Å². The van der Waals surface area contributed by atoms with E-state index in [2.05, 4.69) is 6.92 Å². The van der Waals surface area contributed by atoms with Crippen molar-refractivity contribution in [1.29, 1.82) is 0 Å². The Bertz CT molecular complexity index is 59.1. The number of carbonyl (C=O) groups excluding carboxylic acids is 1. The first kappa shape index (κ1) is 6.63. The zero-order chi connectivity index (χ0) is 5.70. The summed E-state index contributed by atoms with van der Waals surface area (Å²) in [7, 11) is 0. The lowest BCUT2D eigenvalue weighted by molar-refractivity contribution is -0.115. The molecule has 0 spiro atoms. The fourth-order valence-electron chi connectivity index (χ4n) is 0.276. The van der Waals surface area contributed by atoms with Gasteiger partial charge in [-0.1, -0.05) is 0 Å². The van der Waals surface area contributed by atoms with E-state index in [1.165, 1.54) is 0 Å². The number of ketones is 1. The van der Waals surface area contributed by atoms with Gasteiger partial charge in [0.1, 0.15) is 5.78 Å². The van der Waals surface area contributed by atoms with Gasteiger partial charge in [-0.2, -0.15) is 0 Å². The average Bonchev–Trinajstić information content (AvgIpc) is 1.61. The smallest absolute Gasteiger partial charge is 0.133 e. The Hall–Kier alpha value is -0.370. The number of hydrogen-bond donors (Lipinski definition) is 1. The van der Waals surface area contributed by atoms with E-state index in [9.17, 15) is 4.79 Å². The Morgan fingerprint density at radius 2 is 2.29 bits per heavy atom. The van der Waals surface area contributed by atoms with Crippen molar-refractivity contribution in [3.8, 4) is 0 Å². The fourth-order valence-corrected chi connectivity index (χ4v) is 0.276. The summed E-state index contributed by atoms with van der Waals surface area (Å²) in [5.74, 6) is -0.103. The molecule has 7 heavy (non-hydrogen) atoms. The third-order valence-corrected chi connectivity index (χ3v) is 0.614. The molecule has 1 radical (unpaired) electrons. The molecule has 0 unspecified atom stereocenters. The summed E-state index contributed by atoms with van der Waals surface area (Å²) >= 11 is 0. The molecule has 41 valence electrons. The van der Waals surface area contributed by atoms with E-state index >= 15 is 0 Å². The number of aliphatic hydroxyl groups is 1. The van der Waals surface area contributed by atoms with Crippen LogP contribution in [0.3, 0.4) is 0 Å². The van der Waals surface area contributed by atoms with E-state index in [0.29, 0.717) is 12.8 Å². The highest BCUT2D eigenvalue weighted by Crippen LogP contribution is 1.85. The summed E-state index contributed by atoms with van der Waals surface area (Å²) in [6.07, 6.45) is 0.943. The number of carbonyl (C=O) groups is 1. The van der Waals surface area contributed by atoms with Gasteiger partial charge < -0.3 is 5.11 Å². The molecule has 0 bridgehead atoms. The Morgan fingerprint density at radius 1 is 1.71 bits per heavy atom. The standard InChI is InChI=1S/C5H9O2/c1-5(7)3-2-4-6/h6H,1-4H2. The van der Waals surface area contributed by atoms with Crippen LogP contribution < -0.4 is 0 Å². The van der Waals surface area contributed by atoms with Gasteiger partial charge in [0, 0.05) is 20.0 Å². The number of rotatable bonds is 3. The molecule has 0 aliphatic rings. The zero-order valence-electron chi connectivity index (χ0n) is 4.18. The van der Waals surface area contributed by atoms with E-state index in [1.54, 1.807) is 0 Å². The third-order valence-electron chi connectivity index (χ3n) is 0.614. The maximum atomic E-state index is 9.98. The van der Waals surface area contributed by atoms with Gasteiger partial charge in [-0.3, -0.25) is 4.79 Å². The monoisotopic (exact) mass is 101 g/mol. The van der Waals surface area contributed by atoms with Gasteiger partial charge in [-0.15, -0.1) is 0 Å². The van der Waals surface area contributed by atoms with Gasteiger partial charge >= 0.3 is 0 Å². The van der Waals surface area contributed by atoms with E-state index in [-0.39, 0.29) is 12.4 Å². The second kappa shape index (κ2) is 3.81. The third kappa shape index (κ3) is 5.63. The van der Waals surface area contributed by atoms with Crippen LogP contribution >= 0.6 is 0 Å². The van der Waals surface area contributed by atoms with Crippen LogP contribution in [0.25, 0.3) is 0 Å². The zero-order valence-corrected chi connectivity index (χ0v) is 4.18. The van der Waals surface area contributed by atoms with Crippen molar-refractivity contribution >= 4 is 5.78 Å². The van der Waals surface area contributed by atoms with Gasteiger partial charge in [-0.05, 0) is 6.42 Å². The predicted octanol–water partition coefficient (Wildman–Crippen LogP) is 0.162. The maximum Gasteiger partial charge on any atom is 0.133 e. The molecule has 0 aromatic heterocycles. The number of aliphatic hydroxyl groups excluding tert-OH is 1. The maximum absolute atomic E-state index is 9.98. The van der Waals surface area contributed by atoms with Crippen molar-refractivity contribution in [3.63, 3.8) is 0 Å². The molecule has 0 fully saturated rings. The Morgan fingerprint density at radius 3 is 2.43 bits per heavy atom. The Labute approximate surface area is 43.2 Å². The highest BCUT2D eigenvalue weighted by Gasteiger charge is 1.88. The molecule has 0 rings (SSSR count). The second-order valence-corrected chi connectivity index (χ2v) is 1.37. The topological polar surface area (TPSA) is 37.3 Å². The van der Waals surface area contributed by atoms with E-state index in [0.717, 1.165) is 0 Å². The molecule has 0 atom stereocenters. The minimum absolute atomic E-state index is 0.0846. The molecule has 0 aromatic rings. The van der Waals surface area contributed by atoms with Gasteiger partial charge in [0.05, 0.1) is 0 Å². The molecule has 0 heterocycles. The number of hydrogen-bond acceptors (Lipinski definition) is 2. The van der Waals surface area contributed by atoms with Crippen molar-refractivity contribution in [3.05, 3.63) is 6.92 Å². The summed E-state index contributed by atoms with van der Waals surface area (Å²) in [6, 6.07) is 0. The van der Waals surface area contributed by atoms with Crippen LogP contribution in [0.2, 0.25) is 0 Å². The van der Waals surface area contributed by atoms with Gasteiger partial charge in [-0.25, -0.2) is 0 Å². The molecule has 0 aromatic carbocycles. The Kier molecular flexibility index (Phi) is 3.61. The van der Waals surface area contributed by atoms with Gasteiger partial charge in [0.2, 0.25) is 0 Å². The molecule has 0 saturated heterocycles. The van der Waals surface area contributed by atoms with E-state index in [1.807, 2.05) is 0 Å². The summed E-state index contributed by atoms with van der Waals surface area (Å²) in [5.41, 5.74) is 0. The lowest BCUT2D eigenvalue weighted by atomic mass is 10.2. The minimum Gasteiger partial charge on any atom is -0.396 e. The lowest BCUT2D eigenvalue weighted by Crippen LogP contribution is -1.91. The summed E-state index contributed by atoms with van der Waals surface area (Å²) in [6.45, 7) is 3.21. The summed E-state index contributed by atoms with van der Waals surface area (Å²) in [5, 5.41) is 8.14. The van der Waals surface area contributed by atoms with E-state index in [4.69, 9.17) is 5.11 Å². The van der Waals surface area contributed by atoms with Crippen LogP contribution in [-0.2, 0) is 4.79 Å². The van der Waals surface area contributed by atoms with Crippen molar-refractivity contribution in [2.24, 2.45) is 0 Å². The quantitative estimate of drug-likeness (QED) is 0.550. The van der Waals surface area contributed by atoms with Crippen LogP contribution in [0.5, 0.6) is 0 Å².